The summed E-state index contributed by atoms with van der Waals surface area (Å²) >= 11 is 0. The van der Waals surface area contributed by atoms with Crippen LogP contribution in [0.2, 0.25) is 0 Å². The highest BCUT2D eigenvalue weighted by atomic mass is 16.4. The third-order valence-electron chi connectivity index (χ3n) is 7.43. The van der Waals surface area contributed by atoms with Gasteiger partial charge in [0.2, 0.25) is 0 Å². The van der Waals surface area contributed by atoms with Crippen LogP contribution >= 0.6 is 0 Å². The highest BCUT2D eigenvalue weighted by Gasteiger charge is 2.23. The van der Waals surface area contributed by atoms with Crippen LogP contribution in [0.3, 0.4) is 0 Å². The minimum atomic E-state index is -0.741. The third kappa shape index (κ3) is 14.0. The Bertz CT molecular complexity index is 701. The second-order valence-electron chi connectivity index (χ2n) is 11.9. The van der Waals surface area contributed by atoms with Crippen LogP contribution in [0.1, 0.15) is 166 Å². The topological polar surface area (TPSA) is 57.5 Å². The van der Waals surface area contributed by atoms with Gasteiger partial charge < -0.3 is 10.2 Å². The van der Waals surface area contributed by atoms with Gasteiger partial charge in [0.25, 0.3) is 0 Å². The van der Waals surface area contributed by atoms with Gasteiger partial charge in [0.15, 0.2) is 0 Å². The average molecular weight is 489 g/mol. The zero-order valence-corrected chi connectivity index (χ0v) is 23.8. The Morgan fingerprint density at radius 1 is 0.771 bits per heavy atom. The highest BCUT2D eigenvalue weighted by Crippen LogP contribution is 2.37. The van der Waals surface area contributed by atoms with Crippen LogP contribution in [-0.2, 0) is 10.2 Å². The minimum Gasteiger partial charge on any atom is -0.507 e. The summed E-state index contributed by atoms with van der Waals surface area (Å²) in [6, 6.07) is 4.03. The first-order valence-corrected chi connectivity index (χ1v) is 14.7. The number of aryl methyl sites for hydroxylation is 1. The van der Waals surface area contributed by atoms with Crippen LogP contribution in [0.25, 0.3) is 0 Å². The molecule has 0 amide bonds. The number of carboxylic acids is 1. The third-order valence-corrected chi connectivity index (χ3v) is 7.43. The van der Waals surface area contributed by atoms with Gasteiger partial charge >= 0.3 is 5.97 Å². The van der Waals surface area contributed by atoms with Crippen molar-refractivity contribution in [3.05, 3.63) is 28.8 Å². The number of aromatic hydroxyl groups is 1. The monoisotopic (exact) mass is 488 g/mol. The lowest BCUT2D eigenvalue weighted by Crippen LogP contribution is -2.14. The summed E-state index contributed by atoms with van der Waals surface area (Å²) in [7, 11) is 0. The van der Waals surface area contributed by atoms with E-state index >= 15 is 0 Å². The van der Waals surface area contributed by atoms with E-state index in [1.54, 1.807) is 0 Å². The summed E-state index contributed by atoms with van der Waals surface area (Å²) in [6.45, 7) is 10.5. The predicted octanol–water partition coefficient (Wildman–Crippen LogP) is 10.2. The first kappa shape index (κ1) is 31.5. The molecule has 0 aliphatic carbocycles. The Hall–Kier alpha value is -1.51. The summed E-state index contributed by atoms with van der Waals surface area (Å²) in [6.07, 6.45) is 22.6. The van der Waals surface area contributed by atoms with Crippen molar-refractivity contribution in [1.29, 1.82) is 0 Å². The zero-order chi connectivity index (χ0) is 26.1. The molecule has 0 spiro atoms. The van der Waals surface area contributed by atoms with Gasteiger partial charge in [0.05, 0.1) is 6.42 Å². The number of aliphatic carboxylic acids is 1. The molecule has 0 heterocycles. The molecule has 2 N–H and O–H groups in total. The normalized spacial score (nSPS) is 12.7. The standard InChI is InChI=1S/C32H56O3/c1-6-7-8-9-10-11-12-13-14-15-16-17-18-19-20-21-22-27(25-30(33)34)28-23-26(2)31(35)29(24-28)32(3,4)5/h23-24,27,35H,6-22,25H2,1-5H3,(H,33,34). The lowest BCUT2D eigenvalue weighted by molar-refractivity contribution is -0.137. The Balaban J connectivity index is 2.26. The Morgan fingerprint density at radius 2 is 1.20 bits per heavy atom. The molecule has 1 rings (SSSR count). The second kappa shape index (κ2) is 17.8. The molecule has 0 aromatic heterocycles. The molecule has 1 atom stereocenters. The molecule has 1 aromatic carbocycles. The van der Waals surface area contributed by atoms with E-state index in [9.17, 15) is 15.0 Å². The van der Waals surface area contributed by atoms with Gasteiger partial charge in [-0.1, -0.05) is 143 Å². The largest absolute Gasteiger partial charge is 0.507 e. The van der Waals surface area contributed by atoms with Crippen molar-refractivity contribution in [1.82, 2.24) is 0 Å². The maximum absolute atomic E-state index is 11.5. The number of hydrogen-bond donors (Lipinski definition) is 2. The van der Waals surface area contributed by atoms with E-state index in [2.05, 4.69) is 27.7 Å². The number of benzene rings is 1. The summed E-state index contributed by atoms with van der Waals surface area (Å²) in [4.78, 5) is 11.5. The molecule has 0 bridgehead atoms. The molecule has 1 unspecified atom stereocenters. The van der Waals surface area contributed by atoms with Crippen molar-refractivity contribution >= 4 is 5.97 Å². The van der Waals surface area contributed by atoms with Crippen molar-refractivity contribution in [3.63, 3.8) is 0 Å². The molecular weight excluding hydrogens is 432 g/mol. The SMILES string of the molecule is CCCCCCCCCCCCCCCCCCC(CC(=O)O)c1cc(C)c(O)c(C(C)(C)C)c1. The van der Waals surface area contributed by atoms with E-state index in [0.29, 0.717) is 5.75 Å². The van der Waals surface area contributed by atoms with E-state index in [1.807, 2.05) is 19.1 Å². The van der Waals surface area contributed by atoms with E-state index in [0.717, 1.165) is 29.5 Å². The number of unbranched alkanes of at least 4 members (excludes halogenated alkanes) is 15. The van der Waals surface area contributed by atoms with E-state index in [1.165, 1.54) is 96.3 Å². The number of phenolic OH excluding ortho intramolecular Hbond substituents is 1. The zero-order valence-electron chi connectivity index (χ0n) is 23.8. The van der Waals surface area contributed by atoms with Crippen molar-refractivity contribution in [2.75, 3.05) is 0 Å². The Kier molecular flexibility index (Phi) is 16.1. The van der Waals surface area contributed by atoms with Gasteiger partial charge in [-0.2, -0.15) is 0 Å². The number of carbonyl (C=O) groups is 1. The van der Waals surface area contributed by atoms with Gasteiger partial charge in [-0.3, -0.25) is 4.79 Å². The molecule has 0 saturated carbocycles. The molecule has 202 valence electrons. The molecule has 3 heteroatoms. The van der Waals surface area contributed by atoms with Crippen LogP contribution in [0.5, 0.6) is 5.75 Å². The molecule has 0 aliphatic rings. The summed E-state index contributed by atoms with van der Waals surface area (Å²) < 4.78 is 0. The average Bonchev–Trinajstić information content (AvgIpc) is 2.78. The maximum atomic E-state index is 11.5. The first-order chi connectivity index (χ1) is 16.7. The van der Waals surface area contributed by atoms with Gasteiger partial charge in [-0.25, -0.2) is 0 Å². The Morgan fingerprint density at radius 3 is 1.60 bits per heavy atom. The van der Waals surface area contributed by atoms with Crippen LogP contribution in [-0.4, -0.2) is 16.2 Å². The molecule has 0 aliphatic heterocycles. The number of carboxylic acid groups (broad SMARTS) is 1. The fourth-order valence-corrected chi connectivity index (χ4v) is 5.15. The molecule has 1 aromatic rings. The first-order valence-electron chi connectivity index (χ1n) is 14.7. The molecular formula is C32H56O3. The number of rotatable bonds is 20. The second-order valence-corrected chi connectivity index (χ2v) is 11.9. The molecule has 0 saturated heterocycles. The molecule has 35 heavy (non-hydrogen) atoms. The highest BCUT2D eigenvalue weighted by molar-refractivity contribution is 5.68. The van der Waals surface area contributed by atoms with Crippen molar-refractivity contribution in [3.8, 4) is 5.75 Å². The molecule has 0 radical (unpaired) electrons. The van der Waals surface area contributed by atoms with Crippen LogP contribution in [0.15, 0.2) is 12.1 Å². The van der Waals surface area contributed by atoms with E-state index in [-0.39, 0.29) is 17.8 Å². The summed E-state index contributed by atoms with van der Waals surface area (Å²) in [5.74, 6) is -0.383. The lowest BCUT2D eigenvalue weighted by Gasteiger charge is -2.25. The quantitative estimate of drug-likeness (QED) is 0.179. The molecule has 3 nitrogen and oxygen atoms in total. The molecule has 0 fully saturated rings. The number of hydrogen-bond acceptors (Lipinski definition) is 2. The van der Waals surface area contributed by atoms with Crippen LogP contribution in [0.4, 0.5) is 0 Å². The van der Waals surface area contributed by atoms with Crippen LogP contribution in [0, 0.1) is 6.92 Å². The fourth-order valence-electron chi connectivity index (χ4n) is 5.15. The van der Waals surface area contributed by atoms with Crippen molar-refractivity contribution < 1.29 is 15.0 Å². The summed E-state index contributed by atoms with van der Waals surface area (Å²) in [5, 5.41) is 20.0. The van der Waals surface area contributed by atoms with Gasteiger partial charge in [0.1, 0.15) is 5.75 Å². The van der Waals surface area contributed by atoms with Crippen molar-refractivity contribution in [2.45, 2.75) is 162 Å². The fraction of sp³-hybridized carbons (Fsp3) is 0.781. The van der Waals surface area contributed by atoms with Gasteiger partial charge in [-0.15, -0.1) is 0 Å². The van der Waals surface area contributed by atoms with E-state index < -0.39 is 5.97 Å². The van der Waals surface area contributed by atoms with E-state index in [4.69, 9.17) is 0 Å². The van der Waals surface area contributed by atoms with Gasteiger partial charge in [0, 0.05) is 0 Å². The Labute approximate surface area is 217 Å². The lowest BCUT2D eigenvalue weighted by atomic mass is 9.81. The minimum absolute atomic E-state index is 0.0135. The smallest absolute Gasteiger partial charge is 0.303 e. The summed E-state index contributed by atoms with van der Waals surface area (Å²) in [5.41, 5.74) is 2.64. The van der Waals surface area contributed by atoms with Crippen LogP contribution < -0.4 is 0 Å². The number of phenols is 1. The predicted molar refractivity (Wildman–Crippen MR) is 151 cm³/mol. The van der Waals surface area contributed by atoms with Gasteiger partial charge in [-0.05, 0) is 41.4 Å². The maximum Gasteiger partial charge on any atom is 0.303 e. The van der Waals surface area contributed by atoms with Crippen molar-refractivity contribution in [2.24, 2.45) is 0 Å².